The highest BCUT2D eigenvalue weighted by Gasteiger charge is 2.38. The van der Waals surface area contributed by atoms with Crippen molar-refractivity contribution in [2.24, 2.45) is 0 Å². The largest absolute Gasteiger partial charge is 0.364 e. The molecule has 1 fully saturated rings. The first kappa shape index (κ1) is 23.0. The van der Waals surface area contributed by atoms with E-state index >= 15 is 0 Å². The number of nitrogens with zero attached hydrogens (tertiary/aromatic N) is 2. The van der Waals surface area contributed by atoms with Gasteiger partial charge in [-0.25, -0.2) is 9.18 Å². The van der Waals surface area contributed by atoms with Gasteiger partial charge in [0.15, 0.2) is 0 Å². The summed E-state index contributed by atoms with van der Waals surface area (Å²) < 4.78 is 14.0. The van der Waals surface area contributed by atoms with E-state index in [-0.39, 0.29) is 17.8 Å². The molecule has 174 valence electrons. The summed E-state index contributed by atoms with van der Waals surface area (Å²) in [4.78, 5) is 29.0. The van der Waals surface area contributed by atoms with Gasteiger partial charge in [0.05, 0.1) is 6.54 Å². The van der Waals surface area contributed by atoms with Crippen LogP contribution in [0.4, 0.5) is 14.9 Å². The van der Waals surface area contributed by atoms with Crippen molar-refractivity contribution in [3.8, 4) is 0 Å². The molecule has 1 N–H and O–H groups in total. The predicted molar refractivity (Wildman–Crippen MR) is 129 cm³/mol. The lowest BCUT2D eigenvalue weighted by Crippen LogP contribution is -2.51. The lowest BCUT2D eigenvalue weighted by Gasteiger charge is -2.50. The van der Waals surface area contributed by atoms with Crippen molar-refractivity contribution in [1.29, 1.82) is 0 Å². The number of benzene rings is 2. The molecule has 2 aromatic carbocycles. The third-order valence-corrected chi connectivity index (χ3v) is 6.73. The van der Waals surface area contributed by atoms with E-state index in [9.17, 15) is 14.0 Å². The highest BCUT2D eigenvalue weighted by atomic mass is 19.1. The van der Waals surface area contributed by atoms with Crippen LogP contribution in [0.2, 0.25) is 0 Å². The van der Waals surface area contributed by atoms with Crippen LogP contribution in [0.3, 0.4) is 0 Å². The molecule has 2 aliphatic heterocycles. The van der Waals surface area contributed by atoms with Gasteiger partial charge in [-0.15, -0.1) is 0 Å². The highest BCUT2D eigenvalue weighted by Crippen LogP contribution is 2.45. The second-order valence-corrected chi connectivity index (χ2v) is 10.1. The van der Waals surface area contributed by atoms with Gasteiger partial charge >= 0.3 is 6.03 Å². The van der Waals surface area contributed by atoms with Crippen LogP contribution in [0.1, 0.15) is 69.2 Å². The Labute approximate surface area is 195 Å². The number of hydrogen-bond donors (Lipinski definition) is 1. The molecule has 0 radical (unpaired) electrons. The third-order valence-electron chi connectivity index (χ3n) is 6.73. The van der Waals surface area contributed by atoms with Crippen molar-refractivity contribution in [2.75, 3.05) is 4.90 Å². The molecular weight excluding hydrogens is 417 g/mol. The molecule has 2 aromatic rings. The predicted octanol–water partition coefficient (Wildman–Crippen LogP) is 5.73. The molecule has 1 saturated heterocycles. The van der Waals surface area contributed by atoms with E-state index in [4.69, 9.17) is 0 Å². The summed E-state index contributed by atoms with van der Waals surface area (Å²) in [6, 6.07) is 10.3. The zero-order valence-corrected chi connectivity index (χ0v) is 20.2. The van der Waals surface area contributed by atoms with Gasteiger partial charge in [-0.05, 0) is 87.9 Å². The molecule has 0 unspecified atom stereocenters. The molecule has 6 heteroatoms. The molecule has 0 aromatic heterocycles. The van der Waals surface area contributed by atoms with E-state index in [2.05, 4.69) is 57.0 Å². The summed E-state index contributed by atoms with van der Waals surface area (Å²) in [5, 5.41) is 2.67. The number of fused-ring (bicyclic) bond motifs is 1. The number of rotatable bonds is 4. The maximum atomic E-state index is 14.0. The lowest BCUT2D eigenvalue weighted by molar-refractivity contribution is -0.123. The van der Waals surface area contributed by atoms with Gasteiger partial charge in [0.2, 0.25) is 0 Å². The van der Waals surface area contributed by atoms with Crippen molar-refractivity contribution >= 4 is 23.7 Å². The van der Waals surface area contributed by atoms with Gasteiger partial charge in [0.1, 0.15) is 11.5 Å². The number of aryl methyl sites for hydroxylation is 1. The fourth-order valence-corrected chi connectivity index (χ4v) is 5.41. The normalized spacial score (nSPS) is 21.1. The maximum absolute atomic E-state index is 14.0. The molecule has 3 amide bonds. The molecular formula is C27H32FN3O2. The summed E-state index contributed by atoms with van der Waals surface area (Å²) in [5.74, 6) is -0.514. The molecule has 0 bridgehead atoms. The molecule has 0 saturated carbocycles. The number of carbonyl (C=O) groups excluding carboxylic acids is 2. The van der Waals surface area contributed by atoms with Crippen molar-refractivity contribution in [3.05, 3.63) is 70.2 Å². The van der Waals surface area contributed by atoms with E-state index in [1.165, 1.54) is 17.3 Å². The van der Waals surface area contributed by atoms with Crippen LogP contribution >= 0.6 is 0 Å². The van der Waals surface area contributed by atoms with E-state index < -0.39 is 17.8 Å². The molecule has 5 nitrogen and oxygen atoms in total. The quantitative estimate of drug-likeness (QED) is 0.479. The van der Waals surface area contributed by atoms with Crippen LogP contribution in [0, 0.1) is 12.7 Å². The molecule has 1 atom stereocenters. The number of amides is 3. The molecule has 0 spiro atoms. The van der Waals surface area contributed by atoms with E-state index in [0.29, 0.717) is 17.5 Å². The van der Waals surface area contributed by atoms with Crippen molar-refractivity contribution < 1.29 is 14.0 Å². The van der Waals surface area contributed by atoms with Crippen molar-refractivity contribution in [2.45, 2.75) is 72.0 Å². The van der Waals surface area contributed by atoms with E-state index in [0.717, 1.165) is 22.4 Å². The Morgan fingerprint density at radius 2 is 1.91 bits per heavy atom. The Bertz CT molecular complexity index is 1150. The lowest BCUT2D eigenvalue weighted by atomic mass is 9.78. The second kappa shape index (κ2) is 8.32. The Balaban J connectivity index is 1.68. The van der Waals surface area contributed by atoms with Crippen LogP contribution in [-0.4, -0.2) is 28.4 Å². The minimum absolute atomic E-state index is 0.0512. The van der Waals surface area contributed by atoms with Gasteiger partial charge in [-0.2, -0.15) is 0 Å². The fraction of sp³-hybridized carbons (Fsp3) is 0.407. The van der Waals surface area contributed by atoms with E-state index in [1.807, 2.05) is 6.92 Å². The summed E-state index contributed by atoms with van der Waals surface area (Å²) in [5.41, 5.74) is 4.99. The fourth-order valence-electron chi connectivity index (χ4n) is 5.41. The van der Waals surface area contributed by atoms with Gasteiger partial charge in [0.25, 0.3) is 5.91 Å². The van der Waals surface area contributed by atoms with Gasteiger partial charge < -0.3 is 10.2 Å². The molecule has 0 aliphatic carbocycles. The second-order valence-electron chi connectivity index (χ2n) is 10.1. The first-order valence-electron chi connectivity index (χ1n) is 11.5. The number of nitrogens with one attached hydrogen (secondary N) is 1. The monoisotopic (exact) mass is 449 g/mol. The number of anilines is 1. The van der Waals surface area contributed by atoms with Crippen LogP contribution in [0.25, 0.3) is 6.08 Å². The van der Waals surface area contributed by atoms with Crippen LogP contribution < -0.4 is 10.2 Å². The number of imide groups is 1. The molecule has 4 rings (SSSR count). The van der Waals surface area contributed by atoms with Crippen molar-refractivity contribution in [1.82, 2.24) is 10.2 Å². The summed E-state index contributed by atoms with van der Waals surface area (Å²) in [6.45, 7) is 13.2. The first-order chi connectivity index (χ1) is 15.5. The van der Waals surface area contributed by atoms with Crippen molar-refractivity contribution in [3.63, 3.8) is 0 Å². The van der Waals surface area contributed by atoms with Crippen LogP contribution in [-0.2, 0) is 11.3 Å². The summed E-state index contributed by atoms with van der Waals surface area (Å²) in [6.07, 6.45) is 2.77. The zero-order chi connectivity index (χ0) is 24.1. The number of carbonyl (C=O) groups is 2. The van der Waals surface area contributed by atoms with Gasteiger partial charge in [0, 0.05) is 22.8 Å². The minimum atomic E-state index is -0.536. The molecule has 2 heterocycles. The highest BCUT2D eigenvalue weighted by molar-refractivity contribution is 6.14. The molecule has 2 aliphatic rings. The number of halogens is 1. The Hall–Kier alpha value is -3.15. The smallest absolute Gasteiger partial charge is 0.329 e. The van der Waals surface area contributed by atoms with E-state index in [1.54, 1.807) is 24.3 Å². The standard InChI is InChI=1S/C27H32FN3O2/c1-16(2)31-24-11-17(3)20(12-21(24)18(4)14-27(31,5)6)13-23-25(32)30(26(33)29-23)15-19-9-7-8-10-22(19)28/h7-13,16,18H,14-15H2,1-6H3,(H,29,33)/b23-13-/t18-/m1/s1. The Morgan fingerprint density at radius 1 is 1.21 bits per heavy atom. The first-order valence-corrected chi connectivity index (χ1v) is 11.5. The van der Waals surface area contributed by atoms with Crippen LogP contribution in [0.5, 0.6) is 0 Å². The van der Waals surface area contributed by atoms with Gasteiger partial charge in [-0.1, -0.05) is 25.1 Å². The average molecular weight is 450 g/mol. The summed E-state index contributed by atoms with van der Waals surface area (Å²) >= 11 is 0. The Morgan fingerprint density at radius 3 is 2.58 bits per heavy atom. The van der Waals surface area contributed by atoms with Crippen LogP contribution in [0.15, 0.2) is 42.1 Å². The Kier molecular flexibility index (Phi) is 5.81. The van der Waals surface area contributed by atoms with Gasteiger partial charge in [-0.3, -0.25) is 9.69 Å². The zero-order valence-electron chi connectivity index (χ0n) is 20.2. The topological polar surface area (TPSA) is 52.7 Å². The average Bonchev–Trinajstić information content (AvgIpc) is 2.97. The third kappa shape index (κ3) is 4.14. The number of hydrogen-bond acceptors (Lipinski definition) is 3. The minimum Gasteiger partial charge on any atom is -0.364 e. The number of urea groups is 1. The SMILES string of the molecule is Cc1cc2c(cc1/C=C1\NC(=O)N(Cc3ccccc3F)C1=O)[C@H](C)CC(C)(C)N2C(C)C. The summed E-state index contributed by atoms with van der Waals surface area (Å²) in [7, 11) is 0. The molecule has 33 heavy (non-hydrogen) atoms. The maximum Gasteiger partial charge on any atom is 0.329 e.